The molecule has 0 unspecified atom stereocenters. The molecule has 0 aliphatic carbocycles. The van der Waals surface area contributed by atoms with E-state index in [4.69, 9.17) is 0 Å². The minimum absolute atomic E-state index is 0.126. The lowest BCUT2D eigenvalue weighted by molar-refractivity contribution is 0.0947. The van der Waals surface area contributed by atoms with E-state index in [-0.39, 0.29) is 22.5 Å². The van der Waals surface area contributed by atoms with Crippen molar-refractivity contribution in [3.05, 3.63) is 79.6 Å². The van der Waals surface area contributed by atoms with Crippen molar-refractivity contribution in [2.75, 3.05) is 0 Å². The summed E-state index contributed by atoms with van der Waals surface area (Å²) in [6.45, 7) is 1.46. The number of carbonyl (C=O) groups excluding carboxylic acids is 1. The van der Waals surface area contributed by atoms with Crippen molar-refractivity contribution in [2.24, 2.45) is 5.10 Å². The average Bonchev–Trinajstić information content (AvgIpc) is 3.17. The van der Waals surface area contributed by atoms with Gasteiger partial charge in [-0.2, -0.15) is 20.1 Å². The van der Waals surface area contributed by atoms with Crippen LogP contribution in [0.2, 0.25) is 0 Å². The van der Waals surface area contributed by atoms with Crippen LogP contribution in [0.25, 0.3) is 5.69 Å². The third-order valence-corrected chi connectivity index (χ3v) is 4.44. The van der Waals surface area contributed by atoms with Gasteiger partial charge in [0.05, 0.1) is 11.9 Å². The van der Waals surface area contributed by atoms with Crippen LogP contribution in [0, 0.1) is 24.1 Å². The number of rotatable bonds is 4. The molecule has 0 aliphatic rings. The third-order valence-electron chi connectivity index (χ3n) is 3.64. The van der Waals surface area contributed by atoms with Crippen LogP contribution in [-0.2, 0) is 0 Å². The first kappa shape index (κ1) is 18.2. The minimum atomic E-state index is -0.694. The first-order valence-corrected chi connectivity index (χ1v) is 8.56. The Kier molecular flexibility index (Phi) is 5.19. The van der Waals surface area contributed by atoms with Gasteiger partial charge in [0.25, 0.3) is 11.5 Å². The summed E-state index contributed by atoms with van der Waals surface area (Å²) in [4.78, 5) is 25.8. The summed E-state index contributed by atoms with van der Waals surface area (Å²) < 4.78 is 14.0. The van der Waals surface area contributed by atoms with Crippen molar-refractivity contribution in [3.8, 4) is 11.8 Å². The fourth-order valence-electron chi connectivity index (χ4n) is 2.28. The molecule has 0 atom stereocenters. The van der Waals surface area contributed by atoms with Gasteiger partial charge in [-0.3, -0.25) is 9.59 Å². The molecule has 3 rings (SSSR count). The topological polar surface area (TPSA) is 100 Å². The second-order valence-corrected chi connectivity index (χ2v) is 6.35. The summed E-state index contributed by atoms with van der Waals surface area (Å²) in [5, 5.41) is 19.1. The number of nitrogens with zero attached hydrogens (tertiary/aromatic N) is 4. The summed E-state index contributed by atoms with van der Waals surface area (Å²) in [6, 6.07) is 10.4. The van der Waals surface area contributed by atoms with E-state index in [9.17, 15) is 19.2 Å². The quantitative estimate of drug-likeness (QED) is 0.554. The molecular formula is C18H12FN5O2S. The summed E-state index contributed by atoms with van der Waals surface area (Å²) in [6.07, 6.45) is 1.47. The summed E-state index contributed by atoms with van der Waals surface area (Å²) in [7, 11) is 0. The van der Waals surface area contributed by atoms with Gasteiger partial charge in [-0.05, 0) is 42.6 Å². The Hall–Kier alpha value is -3.64. The fourth-order valence-corrected chi connectivity index (χ4v) is 2.87. The van der Waals surface area contributed by atoms with Crippen molar-refractivity contribution >= 4 is 23.5 Å². The maximum Gasteiger partial charge on any atom is 0.292 e. The molecule has 1 N–H and O–H groups in total. The zero-order valence-electron chi connectivity index (χ0n) is 14.0. The Bertz CT molecular complexity index is 1110. The number of hydrazone groups is 1. The zero-order valence-corrected chi connectivity index (χ0v) is 14.8. The molecule has 1 aromatic carbocycles. The van der Waals surface area contributed by atoms with Gasteiger partial charge in [0.15, 0.2) is 5.69 Å². The van der Waals surface area contributed by atoms with Gasteiger partial charge in [-0.15, -0.1) is 11.3 Å². The standard InChI is InChI=1S/C18H12FN5O2S/c1-11-15(9-20)18(26)24(13-6-4-12(19)5-7-13)23-16(11)17(25)22-21-10-14-3-2-8-27-14/h2-8,10H,1H3,(H,22,25)/b21-10-. The van der Waals surface area contributed by atoms with E-state index >= 15 is 0 Å². The lowest BCUT2D eigenvalue weighted by atomic mass is 10.1. The fraction of sp³-hybridized carbons (Fsp3) is 0.0556. The van der Waals surface area contributed by atoms with Crippen LogP contribution in [0.15, 0.2) is 51.7 Å². The lowest BCUT2D eigenvalue weighted by Crippen LogP contribution is -2.31. The van der Waals surface area contributed by atoms with Crippen LogP contribution in [-0.4, -0.2) is 21.9 Å². The van der Waals surface area contributed by atoms with Crippen LogP contribution in [0.5, 0.6) is 0 Å². The third kappa shape index (κ3) is 3.80. The van der Waals surface area contributed by atoms with Crippen LogP contribution in [0.1, 0.15) is 26.5 Å². The van der Waals surface area contributed by atoms with Gasteiger partial charge in [0, 0.05) is 10.4 Å². The maximum atomic E-state index is 13.1. The largest absolute Gasteiger partial charge is 0.292 e. The summed E-state index contributed by atoms with van der Waals surface area (Å²) in [5.74, 6) is -1.16. The molecule has 0 aliphatic heterocycles. The van der Waals surface area contributed by atoms with Crippen molar-refractivity contribution in [2.45, 2.75) is 6.92 Å². The molecule has 2 aromatic heterocycles. The van der Waals surface area contributed by atoms with Gasteiger partial charge in [0.2, 0.25) is 0 Å². The lowest BCUT2D eigenvalue weighted by Gasteiger charge is -2.10. The van der Waals surface area contributed by atoms with Gasteiger partial charge >= 0.3 is 0 Å². The number of nitrogens with one attached hydrogen (secondary N) is 1. The Morgan fingerprint density at radius 2 is 2.11 bits per heavy atom. The summed E-state index contributed by atoms with van der Waals surface area (Å²) in [5.41, 5.74) is 1.66. The van der Waals surface area contributed by atoms with E-state index in [1.165, 1.54) is 36.6 Å². The first-order valence-electron chi connectivity index (χ1n) is 7.68. The molecule has 27 heavy (non-hydrogen) atoms. The highest BCUT2D eigenvalue weighted by atomic mass is 32.1. The summed E-state index contributed by atoms with van der Waals surface area (Å²) >= 11 is 1.45. The molecule has 0 saturated carbocycles. The molecule has 9 heteroatoms. The van der Waals surface area contributed by atoms with Crippen molar-refractivity contribution in [1.29, 1.82) is 5.26 Å². The van der Waals surface area contributed by atoms with E-state index < -0.39 is 17.3 Å². The number of hydrogen-bond acceptors (Lipinski definition) is 6. The van der Waals surface area contributed by atoms with E-state index in [1.54, 1.807) is 6.07 Å². The Morgan fingerprint density at radius 3 is 2.74 bits per heavy atom. The second-order valence-electron chi connectivity index (χ2n) is 5.37. The van der Waals surface area contributed by atoms with Crippen LogP contribution < -0.4 is 11.0 Å². The molecular weight excluding hydrogens is 369 g/mol. The van der Waals surface area contributed by atoms with Gasteiger partial charge < -0.3 is 0 Å². The van der Waals surface area contributed by atoms with Crippen LogP contribution in [0.3, 0.4) is 0 Å². The van der Waals surface area contributed by atoms with Crippen molar-refractivity contribution in [1.82, 2.24) is 15.2 Å². The number of carbonyl (C=O) groups is 1. The monoisotopic (exact) mass is 381 g/mol. The predicted octanol–water partition coefficient (Wildman–Crippen LogP) is 2.38. The Balaban J connectivity index is 2.00. The molecule has 0 radical (unpaired) electrons. The molecule has 3 aromatic rings. The number of aromatic nitrogens is 2. The highest BCUT2D eigenvalue weighted by molar-refractivity contribution is 7.11. The van der Waals surface area contributed by atoms with Crippen molar-refractivity contribution in [3.63, 3.8) is 0 Å². The molecule has 0 bridgehead atoms. The number of halogens is 1. The Morgan fingerprint density at radius 1 is 1.37 bits per heavy atom. The molecule has 134 valence electrons. The highest BCUT2D eigenvalue weighted by Crippen LogP contribution is 2.11. The molecule has 0 spiro atoms. The maximum absolute atomic E-state index is 13.1. The zero-order chi connectivity index (χ0) is 19.4. The number of amides is 1. The predicted molar refractivity (Wildman–Crippen MR) is 98.6 cm³/mol. The molecule has 1 amide bonds. The van der Waals surface area contributed by atoms with E-state index in [0.29, 0.717) is 0 Å². The average molecular weight is 381 g/mol. The van der Waals surface area contributed by atoms with E-state index in [2.05, 4.69) is 15.6 Å². The van der Waals surface area contributed by atoms with Crippen LogP contribution >= 0.6 is 11.3 Å². The molecule has 0 saturated heterocycles. The minimum Gasteiger partial charge on any atom is -0.266 e. The SMILES string of the molecule is Cc1c(C(=O)N/N=C\c2cccs2)nn(-c2ccc(F)cc2)c(=O)c1C#N. The first-order chi connectivity index (χ1) is 13.0. The van der Waals surface area contributed by atoms with E-state index in [0.717, 1.165) is 21.7 Å². The van der Waals surface area contributed by atoms with Crippen LogP contribution in [0.4, 0.5) is 4.39 Å². The Labute approximate surface area is 157 Å². The highest BCUT2D eigenvalue weighted by Gasteiger charge is 2.20. The molecule has 7 nitrogen and oxygen atoms in total. The van der Waals surface area contributed by atoms with E-state index in [1.807, 2.05) is 17.5 Å². The smallest absolute Gasteiger partial charge is 0.266 e. The van der Waals surface area contributed by atoms with Gasteiger partial charge in [0.1, 0.15) is 17.4 Å². The molecule has 2 heterocycles. The van der Waals surface area contributed by atoms with Gasteiger partial charge in [-0.1, -0.05) is 6.07 Å². The number of hydrogen-bond donors (Lipinski definition) is 1. The number of nitriles is 1. The van der Waals surface area contributed by atoms with Gasteiger partial charge in [-0.25, -0.2) is 9.82 Å². The number of benzene rings is 1. The second kappa shape index (κ2) is 7.72. The number of thiophene rings is 1. The molecule has 0 fully saturated rings. The normalized spacial score (nSPS) is 10.7. The van der Waals surface area contributed by atoms with Crippen molar-refractivity contribution < 1.29 is 9.18 Å².